The standard InChI is InChI=1S/2C23H3F15/c2*1-2-9(24)12(27)7(13(28)10(2)25)8-18(33)15(30)5(16(31)19(8)34)3-11(26)4-6(17(32)14(3)29)21(36)23(38)22(37)20(4)35/h2*1H3. The van der Waals surface area contributed by atoms with E-state index in [1.807, 2.05) is 0 Å². The van der Waals surface area contributed by atoms with Crippen LogP contribution < -0.4 is 0 Å². The number of fused-ring (bicyclic) bond motifs is 2. The van der Waals surface area contributed by atoms with Crippen molar-refractivity contribution >= 4 is 21.5 Å². The first kappa shape index (κ1) is 55.9. The molecule has 0 aromatic heterocycles. The third-order valence-electron chi connectivity index (χ3n) is 11.2. The molecule has 0 radical (unpaired) electrons. The van der Waals surface area contributed by atoms with Gasteiger partial charge in [-0.15, -0.1) is 0 Å². The van der Waals surface area contributed by atoms with Gasteiger partial charge in [-0.3, -0.25) is 0 Å². The zero-order chi connectivity index (χ0) is 57.4. The van der Waals surface area contributed by atoms with E-state index in [1.165, 1.54) is 0 Å². The minimum atomic E-state index is -2.97. The highest BCUT2D eigenvalue weighted by atomic mass is 19.2. The van der Waals surface area contributed by atoms with Gasteiger partial charge in [0.1, 0.15) is 11.6 Å². The normalized spacial score (nSPS) is 11.7. The van der Waals surface area contributed by atoms with Gasteiger partial charge in [0, 0.05) is 11.1 Å². The van der Waals surface area contributed by atoms with E-state index in [9.17, 15) is 132 Å². The summed E-state index contributed by atoms with van der Waals surface area (Å²) in [6.07, 6.45) is 0. The molecule has 8 aromatic carbocycles. The van der Waals surface area contributed by atoms with Gasteiger partial charge in [-0.2, -0.15) is 0 Å². The molecule has 0 bridgehead atoms. The average Bonchev–Trinajstić information content (AvgIpc) is 3.44. The van der Waals surface area contributed by atoms with E-state index in [4.69, 9.17) is 0 Å². The molecule has 0 heterocycles. The van der Waals surface area contributed by atoms with Gasteiger partial charge in [-0.25, -0.2) is 132 Å². The first-order chi connectivity index (χ1) is 35.1. The fraction of sp³-hybridized carbons (Fsp3) is 0.0435. The Labute approximate surface area is 397 Å². The lowest BCUT2D eigenvalue weighted by atomic mass is 9.93. The molecule has 0 spiro atoms. The van der Waals surface area contributed by atoms with Crippen molar-refractivity contribution in [1.29, 1.82) is 0 Å². The molecule has 8 rings (SSSR count). The summed E-state index contributed by atoms with van der Waals surface area (Å²) in [7, 11) is 0. The highest BCUT2D eigenvalue weighted by Crippen LogP contribution is 2.47. The Morgan fingerprint density at radius 1 is 0.118 bits per heavy atom. The van der Waals surface area contributed by atoms with E-state index in [0.717, 1.165) is 0 Å². The summed E-state index contributed by atoms with van der Waals surface area (Å²) < 4.78 is 430. The summed E-state index contributed by atoms with van der Waals surface area (Å²) in [5, 5.41) is -9.01. The van der Waals surface area contributed by atoms with E-state index in [2.05, 4.69) is 0 Å². The molecule has 76 heavy (non-hydrogen) atoms. The van der Waals surface area contributed by atoms with Crippen molar-refractivity contribution in [2.24, 2.45) is 0 Å². The van der Waals surface area contributed by atoms with Crippen molar-refractivity contribution in [2.75, 3.05) is 0 Å². The third-order valence-corrected chi connectivity index (χ3v) is 11.2. The van der Waals surface area contributed by atoms with Gasteiger partial charge in [0.2, 0.25) is 0 Å². The third kappa shape index (κ3) is 7.61. The molecule has 0 saturated carbocycles. The van der Waals surface area contributed by atoms with Crippen LogP contribution in [0.2, 0.25) is 0 Å². The second-order valence-electron chi connectivity index (χ2n) is 15.2. The average molecular weight is 1130 g/mol. The van der Waals surface area contributed by atoms with Crippen molar-refractivity contribution in [3.63, 3.8) is 0 Å². The Kier molecular flexibility index (Phi) is 14.0. The van der Waals surface area contributed by atoms with Gasteiger partial charge >= 0.3 is 0 Å². The summed E-state index contributed by atoms with van der Waals surface area (Å²) >= 11 is 0. The quantitative estimate of drug-likeness (QED) is 0.0936. The van der Waals surface area contributed by atoms with Crippen LogP contribution in [0.15, 0.2) is 0 Å². The van der Waals surface area contributed by atoms with Crippen LogP contribution in [0.4, 0.5) is 132 Å². The van der Waals surface area contributed by atoms with Crippen LogP contribution in [-0.4, -0.2) is 0 Å². The van der Waals surface area contributed by atoms with Crippen LogP contribution in [0, 0.1) is 188 Å². The molecule has 0 nitrogen and oxygen atoms in total. The summed E-state index contributed by atoms with van der Waals surface area (Å²) in [4.78, 5) is 0. The van der Waals surface area contributed by atoms with E-state index < -0.39 is 252 Å². The Morgan fingerprint density at radius 3 is 0.395 bits per heavy atom. The molecule has 0 unspecified atom stereocenters. The number of benzene rings is 8. The van der Waals surface area contributed by atoms with Gasteiger partial charge in [0.25, 0.3) is 0 Å². The van der Waals surface area contributed by atoms with Crippen LogP contribution in [0.5, 0.6) is 0 Å². The molecule has 0 aliphatic carbocycles. The number of hydrogen-bond donors (Lipinski definition) is 0. The van der Waals surface area contributed by atoms with Crippen molar-refractivity contribution in [3.05, 3.63) is 186 Å². The number of rotatable bonds is 4. The zero-order valence-corrected chi connectivity index (χ0v) is 35.3. The second kappa shape index (κ2) is 19.1. The maximum Gasteiger partial charge on any atom is 0.198 e. The van der Waals surface area contributed by atoms with Crippen LogP contribution in [-0.2, 0) is 0 Å². The maximum atomic E-state index is 15.0. The molecule has 0 aliphatic heterocycles. The largest absolute Gasteiger partial charge is 0.205 e. The summed E-state index contributed by atoms with van der Waals surface area (Å²) in [6, 6.07) is 0. The molecule has 0 amide bonds. The molecule has 30 heteroatoms. The van der Waals surface area contributed by atoms with Gasteiger partial charge in [-0.1, -0.05) is 0 Å². The molecule has 0 saturated heterocycles. The van der Waals surface area contributed by atoms with Gasteiger partial charge in [-0.05, 0) is 13.8 Å². The Balaban J connectivity index is 0.000000221. The minimum Gasteiger partial charge on any atom is -0.205 e. The van der Waals surface area contributed by atoms with Crippen LogP contribution in [0.25, 0.3) is 66.1 Å². The van der Waals surface area contributed by atoms with Crippen molar-refractivity contribution in [3.8, 4) is 44.5 Å². The lowest BCUT2D eigenvalue weighted by Crippen LogP contribution is -2.11. The first-order valence-corrected chi connectivity index (χ1v) is 19.2. The SMILES string of the molecule is Cc1c(F)c(F)c(-c2c(F)c(F)c(-c3c(F)c(F)c4c(F)c(F)c(F)c(F)c4c3F)c(F)c2F)c(F)c1F.Cc1c(F)c(F)c(-c2c(F)c(F)c(-c3c(F)c(F)c4c(F)c(F)c(F)c(F)c4c3F)c(F)c2F)c(F)c1F. The van der Waals surface area contributed by atoms with Crippen molar-refractivity contribution < 1.29 is 132 Å². The second-order valence-corrected chi connectivity index (χ2v) is 15.2. The van der Waals surface area contributed by atoms with Gasteiger partial charge in [0.15, 0.2) is 163 Å². The lowest BCUT2D eigenvalue weighted by Gasteiger charge is -2.17. The Morgan fingerprint density at radius 2 is 0.224 bits per heavy atom. The Hall–Kier alpha value is -7.82. The molecule has 0 fully saturated rings. The zero-order valence-electron chi connectivity index (χ0n) is 35.3. The minimum absolute atomic E-state index is 0.480. The first-order valence-electron chi connectivity index (χ1n) is 19.2. The monoisotopic (exact) mass is 1130 g/mol. The molecular weight excluding hydrogens is 1120 g/mol. The van der Waals surface area contributed by atoms with Crippen LogP contribution in [0.3, 0.4) is 0 Å². The van der Waals surface area contributed by atoms with Gasteiger partial charge in [0.05, 0.1) is 66.1 Å². The predicted molar refractivity (Wildman–Crippen MR) is 198 cm³/mol. The molecular formula is C46H6F30. The van der Waals surface area contributed by atoms with Crippen molar-refractivity contribution in [2.45, 2.75) is 13.8 Å². The molecule has 400 valence electrons. The topological polar surface area (TPSA) is 0 Å². The number of halogens is 30. The highest BCUT2D eigenvalue weighted by molar-refractivity contribution is 5.92. The van der Waals surface area contributed by atoms with Crippen LogP contribution >= 0.6 is 0 Å². The van der Waals surface area contributed by atoms with E-state index in [1.54, 1.807) is 0 Å². The molecule has 8 aromatic rings. The maximum absolute atomic E-state index is 15.0. The fourth-order valence-electron chi connectivity index (χ4n) is 7.47. The van der Waals surface area contributed by atoms with Crippen LogP contribution in [0.1, 0.15) is 11.1 Å². The Bertz CT molecular complexity index is 3580. The lowest BCUT2D eigenvalue weighted by molar-refractivity contribution is 0.412. The fourth-order valence-corrected chi connectivity index (χ4v) is 7.47. The van der Waals surface area contributed by atoms with E-state index >= 15 is 0 Å². The smallest absolute Gasteiger partial charge is 0.198 e. The summed E-state index contributed by atoms with van der Waals surface area (Å²) in [6.45, 7) is 0.960. The van der Waals surface area contributed by atoms with Crippen molar-refractivity contribution in [1.82, 2.24) is 0 Å². The summed E-state index contributed by atoms with van der Waals surface area (Å²) in [5.41, 5.74) is -22.5. The summed E-state index contributed by atoms with van der Waals surface area (Å²) in [5.74, 6) is -81.7. The number of hydrogen-bond acceptors (Lipinski definition) is 0. The van der Waals surface area contributed by atoms with Gasteiger partial charge < -0.3 is 0 Å². The predicted octanol–water partition coefficient (Wildman–Crippen LogP) is 17.1. The molecule has 0 aliphatic rings. The molecule has 0 atom stereocenters. The van der Waals surface area contributed by atoms with E-state index in [-0.39, 0.29) is 0 Å². The van der Waals surface area contributed by atoms with E-state index in [0.29, 0.717) is 13.8 Å². The highest BCUT2D eigenvalue weighted by Gasteiger charge is 2.41. The molecule has 0 N–H and O–H groups in total.